The van der Waals surface area contributed by atoms with Crippen LogP contribution in [0.2, 0.25) is 0 Å². The molecular weight excluding hydrogens is 316 g/mol. The van der Waals surface area contributed by atoms with Gasteiger partial charge in [-0.05, 0) is 17.6 Å². The van der Waals surface area contributed by atoms with Crippen molar-refractivity contribution in [2.45, 2.75) is 5.16 Å². The molecule has 0 atom stereocenters. The number of thioether (sulfide) groups is 1. The minimum atomic E-state index is -0.570. The van der Waals surface area contributed by atoms with Crippen LogP contribution in [-0.2, 0) is 7.05 Å². The lowest BCUT2D eigenvalue weighted by Crippen LogP contribution is -1.93. The van der Waals surface area contributed by atoms with E-state index < -0.39 is 4.92 Å². The van der Waals surface area contributed by atoms with Crippen molar-refractivity contribution in [2.75, 3.05) is 0 Å². The SMILES string of the molecule is Cn1c(S/C=C/c2ccc([N+](=O)[O-])o2)nnc1-c1ccccc1. The molecule has 0 spiro atoms. The molecule has 0 bridgehead atoms. The highest BCUT2D eigenvalue weighted by molar-refractivity contribution is 8.02. The normalized spacial score (nSPS) is 11.2. The molecule has 116 valence electrons. The number of hydrogen-bond donors (Lipinski definition) is 0. The maximum atomic E-state index is 10.6. The summed E-state index contributed by atoms with van der Waals surface area (Å²) in [6.45, 7) is 0. The fraction of sp³-hybridized carbons (Fsp3) is 0.0667. The molecule has 2 aromatic heterocycles. The van der Waals surface area contributed by atoms with Crippen molar-refractivity contribution in [2.24, 2.45) is 7.05 Å². The van der Waals surface area contributed by atoms with Gasteiger partial charge in [-0.15, -0.1) is 10.2 Å². The molecular formula is C15H12N4O3S. The zero-order valence-corrected chi connectivity index (χ0v) is 12.9. The van der Waals surface area contributed by atoms with Crippen LogP contribution in [-0.4, -0.2) is 19.7 Å². The van der Waals surface area contributed by atoms with Crippen molar-refractivity contribution in [1.29, 1.82) is 0 Å². The first-order chi connectivity index (χ1) is 11.1. The summed E-state index contributed by atoms with van der Waals surface area (Å²) in [5.74, 6) is 0.907. The third kappa shape index (κ3) is 3.32. The van der Waals surface area contributed by atoms with E-state index in [1.54, 1.807) is 17.6 Å². The van der Waals surface area contributed by atoms with Gasteiger partial charge in [-0.25, -0.2) is 0 Å². The molecule has 0 radical (unpaired) electrons. The van der Waals surface area contributed by atoms with E-state index in [-0.39, 0.29) is 5.88 Å². The van der Waals surface area contributed by atoms with Gasteiger partial charge in [-0.2, -0.15) is 0 Å². The maximum Gasteiger partial charge on any atom is 0.433 e. The molecule has 1 aromatic carbocycles. The lowest BCUT2D eigenvalue weighted by Gasteiger charge is -2.01. The molecule has 0 amide bonds. The minimum Gasteiger partial charge on any atom is -0.401 e. The molecule has 2 heterocycles. The van der Waals surface area contributed by atoms with Crippen LogP contribution in [0.4, 0.5) is 5.88 Å². The van der Waals surface area contributed by atoms with E-state index in [0.717, 1.165) is 11.4 Å². The van der Waals surface area contributed by atoms with E-state index in [1.807, 2.05) is 41.9 Å². The summed E-state index contributed by atoms with van der Waals surface area (Å²) in [7, 11) is 1.89. The molecule has 0 aliphatic carbocycles. The number of rotatable bonds is 5. The van der Waals surface area contributed by atoms with Crippen LogP contribution in [0.3, 0.4) is 0 Å². The first kappa shape index (κ1) is 15.0. The summed E-state index contributed by atoms with van der Waals surface area (Å²) in [5.41, 5.74) is 0.986. The Morgan fingerprint density at radius 1 is 1.22 bits per heavy atom. The van der Waals surface area contributed by atoms with E-state index in [9.17, 15) is 10.1 Å². The Morgan fingerprint density at radius 2 is 2.00 bits per heavy atom. The smallest absolute Gasteiger partial charge is 0.401 e. The summed E-state index contributed by atoms with van der Waals surface area (Å²) in [4.78, 5) is 9.98. The fourth-order valence-corrected chi connectivity index (χ4v) is 2.60. The molecule has 3 rings (SSSR count). The molecule has 0 fully saturated rings. The summed E-state index contributed by atoms with van der Waals surface area (Å²) >= 11 is 1.35. The van der Waals surface area contributed by atoms with Crippen molar-refractivity contribution in [3.05, 3.63) is 63.7 Å². The molecule has 0 aliphatic rings. The van der Waals surface area contributed by atoms with Crippen molar-refractivity contribution in [1.82, 2.24) is 14.8 Å². The standard InChI is InChI=1S/C15H12N4O3S/c1-18-14(11-5-3-2-4-6-11)16-17-15(18)23-10-9-12-7-8-13(22-12)19(20)21/h2-10H,1H3/b10-9+. The molecule has 0 aliphatic heterocycles. The number of furan rings is 1. The monoisotopic (exact) mass is 328 g/mol. The zero-order valence-electron chi connectivity index (χ0n) is 12.1. The number of aromatic nitrogens is 3. The van der Waals surface area contributed by atoms with Gasteiger partial charge in [0, 0.05) is 12.6 Å². The topological polar surface area (TPSA) is 87.0 Å². The summed E-state index contributed by atoms with van der Waals surface area (Å²) in [6.07, 6.45) is 1.65. The molecule has 7 nitrogen and oxygen atoms in total. The fourth-order valence-electron chi connectivity index (χ4n) is 1.95. The van der Waals surface area contributed by atoms with Crippen LogP contribution >= 0.6 is 11.8 Å². The third-order valence-electron chi connectivity index (χ3n) is 3.07. The number of benzene rings is 1. The van der Waals surface area contributed by atoms with Crippen LogP contribution in [0.25, 0.3) is 17.5 Å². The van der Waals surface area contributed by atoms with Crippen LogP contribution in [0.1, 0.15) is 5.76 Å². The van der Waals surface area contributed by atoms with Gasteiger partial charge in [-0.3, -0.25) is 10.1 Å². The maximum absolute atomic E-state index is 10.6. The van der Waals surface area contributed by atoms with Crippen LogP contribution in [0.5, 0.6) is 0 Å². The average Bonchev–Trinajstić information content (AvgIpc) is 3.16. The molecule has 0 saturated carbocycles. The van der Waals surface area contributed by atoms with Gasteiger partial charge in [0.2, 0.25) is 0 Å². The summed E-state index contributed by atoms with van der Waals surface area (Å²) in [5, 5.41) is 21.3. The highest BCUT2D eigenvalue weighted by Gasteiger charge is 2.11. The number of hydrogen-bond acceptors (Lipinski definition) is 6. The summed E-state index contributed by atoms with van der Waals surface area (Å²) < 4.78 is 6.93. The lowest BCUT2D eigenvalue weighted by molar-refractivity contribution is -0.402. The number of nitrogens with zero attached hydrogens (tertiary/aromatic N) is 4. The van der Waals surface area contributed by atoms with Gasteiger partial charge in [-0.1, -0.05) is 42.1 Å². The highest BCUT2D eigenvalue weighted by Crippen LogP contribution is 2.24. The van der Waals surface area contributed by atoms with E-state index >= 15 is 0 Å². The average molecular weight is 328 g/mol. The molecule has 8 heteroatoms. The minimum absolute atomic E-state index is 0.278. The first-order valence-corrected chi connectivity index (χ1v) is 7.55. The zero-order chi connectivity index (χ0) is 16.2. The van der Waals surface area contributed by atoms with Gasteiger partial charge in [0.05, 0.1) is 6.07 Å². The van der Waals surface area contributed by atoms with Gasteiger partial charge < -0.3 is 8.98 Å². The van der Waals surface area contributed by atoms with Crippen molar-refractivity contribution in [3.8, 4) is 11.4 Å². The molecule has 23 heavy (non-hydrogen) atoms. The van der Waals surface area contributed by atoms with E-state index in [2.05, 4.69) is 10.2 Å². The molecule has 3 aromatic rings. The largest absolute Gasteiger partial charge is 0.433 e. The van der Waals surface area contributed by atoms with E-state index in [0.29, 0.717) is 10.9 Å². The van der Waals surface area contributed by atoms with Crippen molar-refractivity contribution >= 4 is 23.7 Å². The molecule has 0 saturated heterocycles. The Hall–Kier alpha value is -2.87. The third-order valence-corrected chi connectivity index (χ3v) is 3.90. The molecule has 0 unspecified atom stereocenters. The predicted molar refractivity (Wildman–Crippen MR) is 86.7 cm³/mol. The highest BCUT2D eigenvalue weighted by atomic mass is 32.2. The predicted octanol–water partition coefficient (Wildman–Crippen LogP) is 3.75. The lowest BCUT2D eigenvalue weighted by atomic mass is 10.2. The van der Waals surface area contributed by atoms with Crippen LogP contribution in [0, 0.1) is 10.1 Å². The van der Waals surface area contributed by atoms with Crippen LogP contribution in [0.15, 0.2) is 57.4 Å². The second-order valence-corrected chi connectivity index (χ2v) is 5.46. The Labute approximate surface area is 135 Å². The summed E-state index contributed by atoms with van der Waals surface area (Å²) in [6, 6.07) is 12.6. The van der Waals surface area contributed by atoms with Gasteiger partial charge >= 0.3 is 5.88 Å². The van der Waals surface area contributed by atoms with Gasteiger partial charge in [0.25, 0.3) is 0 Å². The van der Waals surface area contributed by atoms with Gasteiger partial charge in [0.15, 0.2) is 11.0 Å². The Kier molecular flexibility index (Phi) is 4.24. The van der Waals surface area contributed by atoms with Crippen molar-refractivity contribution < 1.29 is 9.34 Å². The number of nitro groups is 1. The van der Waals surface area contributed by atoms with Gasteiger partial charge in [0.1, 0.15) is 10.7 Å². The Bertz CT molecular complexity index is 855. The quantitative estimate of drug-likeness (QED) is 0.403. The van der Waals surface area contributed by atoms with E-state index in [1.165, 1.54) is 17.8 Å². The first-order valence-electron chi connectivity index (χ1n) is 6.67. The molecule has 0 N–H and O–H groups in total. The van der Waals surface area contributed by atoms with E-state index in [4.69, 9.17) is 4.42 Å². The Morgan fingerprint density at radius 3 is 2.70 bits per heavy atom. The second kappa shape index (κ2) is 6.49. The van der Waals surface area contributed by atoms with Crippen LogP contribution < -0.4 is 0 Å². The van der Waals surface area contributed by atoms with Crippen molar-refractivity contribution in [3.63, 3.8) is 0 Å². The second-order valence-electron chi connectivity index (χ2n) is 4.58. The Balaban J connectivity index is 1.72.